The topological polar surface area (TPSA) is 98.5 Å². The summed E-state index contributed by atoms with van der Waals surface area (Å²) in [7, 11) is 1.28. The van der Waals surface area contributed by atoms with E-state index in [1.807, 2.05) is 6.92 Å². The molecule has 0 aromatic heterocycles. The highest BCUT2D eigenvalue weighted by molar-refractivity contribution is 5.94. The molecule has 0 aliphatic rings. The number of hydrogen-bond donors (Lipinski definition) is 1. The molecule has 1 amide bonds. The molecule has 0 spiro atoms. The van der Waals surface area contributed by atoms with Crippen LogP contribution in [0.5, 0.6) is 0 Å². The lowest BCUT2D eigenvalue weighted by atomic mass is 10.1. The summed E-state index contributed by atoms with van der Waals surface area (Å²) in [4.78, 5) is 33.1. The summed E-state index contributed by atoms with van der Waals surface area (Å²) in [5, 5.41) is 13.2. The maximum Gasteiger partial charge on any atom is 0.307 e. The zero-order chi connectivity index (χ0) is 15.1. The van der Waals surface area contributed by atoms with E-state index < -0.39 is 10.9 Å². The van der Waals surface area contributed by atoms with Crippen molar-refractivity contribution in [2.75, 3.05) is 7.11 Å². The minimum atomic E-state index is -0.534. The molecule has 0 radical (unpaired) electrons. The number of nitrogens with zero attached hydrogens (tertiary/aromatic N) is 1. The van der Waals surface area contributed by atoms with Crippen LogP contribution in [0, 0.1) is 10.1 Å². The summed E-state index contributed by atoms with van der Waals surface area (Å²) in [5.41, 5.74) is 0.224. The van der Waals surface area contributed by atoms with Crippen molar-refractivity contribution in [1.82, 2.24) is 5.32 Å². The molecule has 1 aromatic carbocycles. The standard InChI is InChI=1S/C13H16N2O5/c1-3-10(8-12(16)20-2)14-13(17)9-4-6-11(7-5-9)15(18)19/h4-7,10H,3,8H2,1-2H3,(H,14,17)/t10-/m1/s1. The Balaban J connectivity index is 2.69. The van der Waals surface area contributed by atoms with Crippen LogP contribution >= 0.6 is 0 Å². The predicted octanol–water partition coefficient (Wildman–Crippen LogP) is 1.67. The molecule has 0 aliphatic carbocycles. The second-order valence-corrected chi connectivity index (χ2v) is 4.16. The number of methoxy groups -OCH3 is 1. The third kappa shape index (κ3) is 4.34. The van der Waals surface area contributed by atoms with Crippen molar-refractivity contribution in [3.8, 4) is 0 Å². The van der Waals surface area contributed by atoms with Gasteiger partial charge in [0.15, 0.2) is 0 Å². The van der Waals surface area contributed by atoms with E-state index in [0.717, 1.165) is 0 Å². The van der Waals surface area contributed by atoms with Crippen LogP contribution in [0.15, 0.2) is 24.3 Å². The average Bonchev–Trinajstić information content (AvgIpc) is 2.46. The van der Waals surface area contributed by atoms with E-state index in [1.54, 1.807) is 0 Å². The Hall–Kier alpha value is -2.44. The second-order valence-electron chi connectivity index (χ2n) is 4.16. The molecular weight excluding hydrogens is 264 g/mol. The predicted molar refractivity (Wildman–Crippen MR) is 71.3 cm³/mol. The smallest absolute Gasteiger partial charge is 0.307 e. The molecule has 0 saturated carbocycles. The van der Waals surface area contributed by atoms with Crippen LogP contribution in [0.4, 0.5) is 5.69 Å². The van der Waals surface area contributed by atoms with Gasteiger partial charge in [0, 0.05) is 23.7 Å². The first-order chi connectivity index (χ1) is 9.47. The molecule has 7 nitrogen and oxygen atoms in total. The summed E-state index contributed by atoms with van der Waals surface area (Å²) < 4.78 is 4.55. The number of amides is 1. The number of hydrogen-bond acceptors (Lipinski definition) is 5. The third-order valence-electron chi connectivity index (χ3n) is 2.81. The summed E-state index contributed by atoms with van der Waals surface area (Å²) >= 11 is 0. The number of benzene rings is 1. The van der Waals surface area contributed by atoms with Gasteiger partial charge in [-0.3, -0.25) is 19.7 Å². The largest absolute Gasteiger partial charge is 0.469 e. The first kappa shape index (κ1) is 15.6. The molecule has 0 bridgehead atoms. The Kier molecular flexibility index (Phi) is 5.64. The second kappa shape index (κ2) is 7.22. The minimum Gasteiger partial charge on any atom is -0.469 e. The normalized spacial score (nSPS) is 11.5. The van der Waals surface area contributed by atoms with E-state index in [0.29, 0.717) is 12.0 Å². The molecule has 1 N–H and O–H groups in total. The monoisotopic (exact) mass is 280 g/mol. The summed E-state index contributed by atoms with van der Waals surface area (Å²) in [6.07, 6.45) is 0.666. The number of nitrogens with one attached hydrogen (secondary N) is 1. The van der Waals surface area contributed by atoms with Gasteiger partial charge < -0.3 is 10.1 Å². The number of ether oxygens (including phenoxy) is 1. The van der Waals surface area contributed by atoms with Gasteiger partial charge in [-0.1, -0.05) is 6.92 Å². The van der Waals surface area contributed by atoms with Crippen LogP contribution in [0.1, 0.15) is 30.1 Å². The van der Waals surface area contributed by atoms with Crippen LogP contribution in [0.3, 0.4) is 0 Å². The fraction of sp³-hybridized carbons (Fsp3) is 0.385. The number of rotatable bonds is 6. The van der Waals surface area contributed by atoms with Gasteiger partial charge in [-0.2, -0.15) is 0 Å². The van der Waals surface area contributed by atoms with Crippen molar-refractivity contribution in [2.45, 2.75) is 25.8 Å². The molecule has 1 rings (SSSR count). The van der Waals surface area contributed by atoms with E-state index in [2.05, 4.69) is 10.1 Å². The molecule has 0 unspecified atom stereocenters. The van der Waals surface area contributed by atoms with Crippen molar-refractivity contribution < 1.29 is 19.2 Å². The van der Waals surface area contributed by atoms with Crippen LogP contribution < -0.4 is 5.32 Å². The molecule has 0 fully saturated rings. The van der Waals surface area contributed by atoms with E-state index in [9.17, 15) is 19.7 Å². The highest BCUT2D eigenvalue weighted by atomic mass is 16.6. The lowest BCUT2D eigenvalue weighted by Gasteiger charge is -2.15. The number of nitro groups is 1. The summed E-state index contributed by atoms with van der Waals surface area (Å²) in [5.74, 6) is -0.781. The van der Waals surface area contributed by atoms with E-state index in [1.165, 1.54) is 31.4 Å². The van der Waals surface area contributed by atoms with Crippen molar-refractivity contribution in [2.24, 2.45) is 0 Å². The van der Waals surface area contributed by atoms with Crippen LogP contribution in [0.25, 0.3) is 0 Å². The molecule has 108 valence electrons. The molecule has 20 heavy (non-hydrogen) atoms. The zero-order valence-electron chi connectivity index (χ0n) is 11.3. The van der Waals surface area contributed by atoms with Crippen LogP contribution in [-0.4, -0.2) is 30.0 Å². The lowest BCUT2D eigenvalue weighted by molar-refractivity contribution is -0.384. The molecule has 1 atom stereocenters. The van der Waals surface area contributed by atoms with Gasteiger partial charge >= 0.3 is 5.97 Å². The van der Waals surface area contributed by atoms with E-state index in [-0.39, 0.29) is 24.1 Å². The van der Waals surface area contributed by atoms with Crippen molar-refractivity contribution in [3.05, 3.63) is 39.9 Å². The van der Waals surface area contributed by atoms with Gasteiger partial charge in [0.2, 0.25) is 0 Å². The van der Waals surface area contributed by atoms with Crippen molar-refractivity contribution >= 4 is 17.6 Å². The number of non-ortho nitro benzene ring substituents is 1. The molecule has 7 heteroatoms. The van der Waals surface area contributed by atoms with Crippen molar-refractivity contribution in [3.63, 3.8) is 0 Å². The Bertz CT molecular complexity index is 498. The number of carbonyl (C=O) groups excluding carboxylic acids is 2. The SMILES string of the molecule is CC[C@H](CC(=O)OC)NC(=O)c1ccc([N+](=O)[O-])cc1. The van der Waals surface area contributed by atoms with Gasteiger partial charge in [0.1, 0.15) is 0 Å². The van der Waals surface area contributed by atoms with Crippen LogP contribution in [-0.2, 0) is 9.53 Å². The quantitative estimate of drug-likeness (QED) is 0.485. The summed E-state index contributed by atoms with van der Waals surface area (Å²) in [6.45, 7) is 1.84. The molecule has 1 aromatic rings. The number of esters is 1. The van der Waals surface area contributed by atoms with Gasteiger partial charge in [0.25, 0.3) is 11.6 Å². The molecule has 0 saturated heterocycles. The average molecular weight is 280 g/mol. The Morgan fingerprint density at radius 1 is 1.35 bits per heavy atom. The fourth-order valence-corrected chi connectivity index (χ4v) is 1.59. The maximum absolute atomic E-state index is 11.9. The molecule has 0 heterocycles. The summed E-state index contributed by atoms with van der Waals surface area (Å²) in [6, 6.07) is 4.94. The first-order valence-electron chi connectivity index (χ1n) is 6.10. The Morgan fingerprint density at radius 3 is 2.40 bits per heavy atom. The Labute approximate surface area is 116 Å². The van der Waals surface area contributed by atoms with Crippen molar-refractivity contribution in [1.29, 1.82) is 0 Å². The molecular formula is C13H16N2O5. The van der Waals surface area contributed by atoms with Gasteiger partial charge in [0.05, 0.1) is 18.5 Å². The third-order valence-corrected chi connectivity index (χ3v) is 2.81. The highest BCUT2D eigenvalue weighted by Crippen LogP contribution is 2.12. The van der Waals surface area contributed by atoms with E-state index >= 15 is 0 Å². The first-order valence-corrected chi connectivity index (χ1v) is 6.10. The fourth-order valence-electron chi connectivity index (χ4n) is 1.59. The van der Waals surface area contributed by atoms with Gasteiger partial charge in [-0.15, -0.1) is 0 Å². The van der Waals surface area contributed by atoms with E-state index in [4.69, 9.17) is 0 Å². The number of carbonyl (C=O) groups is 2. The van der Waals surface area contributed by atoms with Gasteiger partial charge in [-0.25, -0.2) is 0 Å². The maximum atomic E-state index is 11.9. The Morgan fingerprint density at radius 2 is 1.95 bits per heavy atom. The van der Waals surface area contributed by atoms with Gasteiger partial charge in [-0.05, 0) is 18.6 Å². The van der Waals surface area contributed by atoms with Crippen LogP contribution in [0.2, 0.25) is 0 Å². The molecule has 0 aliphatic heterocycles. The highest BCUT2D eigenvalue weighted by Gasteiger charge is 2.16. The lowest BCUT2D eigenvalue weighted by Crippen LogP contribution is -2.36. The minimum absolute atomic E-state index is 0.0804. The zero-order valence-corrected chi connectivity index (χ0v) is 11.3. The number of nitro benzene ring substituents is 1.